The Morgan fingerprint density at radius 1 is 0.844 bits per heavy atom. The monoisotopic (exact) mass is 432 g/mol. The maximum absolute atomic E-state index is 12.5. The quantitative estimate of drug-likeness (QED) is 0.312. The van der Waals surface area contributed by atoms with E-state index in [0.29, 0.717) is 24.7 Å². The van der Waals surface area contributed by atoms with Crippen molar-refractivity contribution in [3.63, 3.8) is 0 Å². The van der Waals surface area contributed by atoms with Crippen molar-refractivity contribution >= 4 is 17.3 Å². The third-order valence-electron chi connectivity index (χ3n) is 4.95. The zero-order chi connectivity index (χ0) is 22.4. The van der Waals surface area contributed by atoms with Gasteiger partial charge in [0.2, 0.25) is 5.91 Å². The van der Waals surface area contributed by atoms with Gasteiger partial charge in [0.15, 0.2) is 0 Å². The van der Waals surface area contributed by atoms with Gasteiger partial charge in [-0.25, -0.2) is 0 Å². The summed E-state index contributed by atoms with van der Waals surface area (Å²) in [5.74, 6) is 1.31. The molecule has 0 aromatic heterocycles. The number of benzene rings is 3. The number of para-hydroxylation sites is 2. The van der Waals surface area contributed by atoms with Crippen LogP contribution in [0.25, 0.3) is 0 Å². The molecule has 5 heteroatoms. The Labute approximate surface area is 190 Å². The molecule has 168 valence electrons. The van der Waals surface area contributed by atoms with Crippen molar-refractivity contribution in [1.82, 2.24) is 0 Å². The highest BCUT2D eigenvalue weighted by atomic mass is 16.5. The maximum atomic E-state index is 12.5. The molecule has 32 heavy (non-hydrogen) atoms. The van der Waals surface area contributed by atoms with Crippen LogP contribution in [0.3, 0.4) is 0 Å². The van der Waals surface area contributed by atoms with Crippen molar-refractivity contribution in [2.45, 2.75) is 39.2 Å². The lowest BCUT2D eigenvalue weighted by Gasteiger charge is -2.13. The lowest BCUT2D eigenvalue weighted by molar-refractivity contribution is -0.114. The van der Waals surface area contributed by atoms with E-state index in [9.17, 15) is 4.79 Å². The first kappa shape index (κ1) is 23.2. The topological polar surface area (TPSA) is 59.6 Å². The van der Waals surface area contributed by atoms with E-state index in [1.807, 2.05) is 78.9 Å². The summed E-state index contributed by atoms with van der Waals surface area (Å²) in [6.07, 6.45) is 4.69. The maximum Gasteiger partial charge on any atom is 0.243 e. The van der Waals surface area contributed by atoms with Crippen molar-refractivity contribution in [2.75, 3.05) is 23.8 Å². The van der Waals surface area contributed by atoms with Crippen LogP contribution >= 0.6 is 0 Å². The zero-order valence-electron chi connectivity index (χ0n) is 18.7. The van der Waals surface area contributed by atoms with E-state index in [1.54, 1.807) is 0 Å². The fourth-order valence-electron chi connectivity index (χ4n) is 3.22. The number of hydrogen-bond acceptors (Lipinski definition) is 4. The van der Waals surface area contributed by atoms with Gasteiger partial charge in [-0.05, 0) is 36.2 Å². The second-order valence-electron chi connectivity index (χ2n) is 7.61. The Morgan fingerprint density at radius 2 is 1.66 bits per heavy atom. The first-order valence-electron chi connectivity index (χ1n) is 11.3. The van der Waals surface area contributed by atoms with Crippen molar-refractivity contribution in [1.29, 1.82) is 0 Å². The molecule has 0 bridgehead atoms. The van der Waals surface area contributed by atoms with Gasteiger partial charge in [0.1, 0.15) is 18.1 Å². The van der Waals surface area contributed by atoms with Crippen LogP contribution in [0.2, 0.25) is 0 Å². The van der Waals surface area contributed by atoms with E-state index in [1.165, 1.54) is 19.3 Å². The van der Waals surface area contributed by atoms with Gasteiger partial charge >= 0.3 is 0 Å². The third-order valence-corrected chi connectivity index (χ3v) is 4.95. The highest BCUT2D eigenvalue weighted by Crippen LogP contribution is 2.25. The molecule has 0 saturated heterocycles. The van der Waals surface area contributed by atoms with Crippen LogP contribution in [0.4, 0.5) is 11.4 Å². The van der Waals surface area contributed by atoms with Crippen LogP contribution in [0.5, 0.6) is 11.5 Å². The third kappa shape index (κ3) is 7.99. The number of hydrogen-bond donors (Lipinski definition) is 2. The van der Waals surface area contributed by atoms with Gasteiger partial charge in [-0.1, -0.05) is 74.7 Å². The molecule has 3 aromatic rings. The van der Waals surface area contributed by atoms with E-state index in [2.05, 4.69) is 17.6 Å². The fourth-order valence-corrected chi connectivity index (χ4v) is 3.22. The Hall–Kier alpha value is -3.47. The molecule has 0 unspecified atom stereocenters. The fraction of sp³-hybridized carbons (Fsp3) is 0.296. The molecule has 2 N–H and O–H groups in total. The molecule has 3 aromatic carbocycles. The molecule has 0 atom stereocenters. The van der Waals surface area contributed by atoms with Gasteiger partial charge in [-0.2, -0.15) is 0 Å². The summed E-state index contributed by atoms with van der Waals surface area (Å²) in [6, 6.07) is 25.1. The molecule has 1 amide bonds. The SMILES string of the molecule is CCCCCCOc1cccc(NCC(=O)Nc2ccccc2OCc2ccccc2)c1. The highest BCUT2D eigenvalue weighted by molar-refractivity contribution is 5.95. The Morgan fingerprint density at radius 3 is 2.50 bits per heavy atom. The van der Waals surface area contributed by atoms with E-state index in [-0.39, 0.29) is 12.5 Å². The first-order valence-corrected chi connectivity index (χ1v) is 11.3. The summed E-state index contributed by atoms with van der Waals surface area (Å²) in [6.45, 7) is 3.50. The Kier molecular flexibility index (Phi) is 9.46. The second-order valence-corrected chi connectivity index (χ2v) is 7.61. The van der Waals surface area contributed by atoms with Gasteiger partial charge in [-0.15, -0.1) is 0 Å². The average Bonchev–Trinajstić information content (AvgIpc) is 2.83. The number of anilines is 2. The molecule has 0 spiro atoms. The molecule has 5 nitrogen and oxygen atoms in total. The smallest absolute Gasteiger partial charge is 0.243 e. The van der Waals surface area contributed by atoms with Crippen LogP contribution in [0.15, 0.2) is 78.9 Å². The molecule has 0 radical (unpaired) electrons. The van der Waals surface area contributed by atoms with Crippen molar-refractivity contribution in [3.05, 3.63) is 84.4 Å². The van der Waals surface area contributed by atoms with Crippen molar-refractivity contribution in [3.8, 4) is 11.5 Å². The van der Waals surface area contributed by atoms with Gasteiger partial charge in [0.05, 0.1) is 18.8 Å². The van der Waals surface area contributed by atoms with Crippen molar-refractivity contribution in [2.24, 2.45) is 0 Å². The highest BCUT2D eigenvalue weighted by Gasteiger charge is 2.08. The van der Waals surface area contributed by atoms with Gasteiger partial charge < -0.3 is 20.1 Å². The zero-order valence-corrected chi connectivity index (χ0v) is 18.7. The predicted molar refractivity (Wildman–Crippen MR) is 130 cm³/mol. The summed E-state index contributed by atoms with van der Waals surface area (Å²) < 4.78 is 11.7. The van der Waals surface area contributed by atoms with E-state index in [0.717, 1.165) is 23.4 Å². The number of carbonyl (C=O) groups is 1. The minimum atomic E-state index is -0.147. The first-order chi connectivity index (χ1) is 15.7. The summed E-state index contributed by atoms with van der Waals surface area (Å²) in [5, 5.41) is 6.09. The number of unbranched alkanes of at least 4 members (excludes halogenated alkanes) is 3. The lowest BCUT2D eigenvalue weighted by Crippen LogP contribution is -2.22. The normalized spacial score (nSPS) is 10.4. The minimum Gasteiger partial charge on any atom is -0.494 e. The number of rotatable bonds is 13. The molecule has 0 heterocycles. The summed E-state index contributed by atoms with van der Waals surface area (Å²) in [4.78, 5) is 12.5. The lowest BCUT2D eigenvalue weighted by atomic mass is 10.2. The molecule has 3 rings (SSSR count). The molecular formula is C27H32N2O3. The van der Waals surface area contributed by atoms with E-state index >= 15 is 0 Å². The van der Waals surface area contributed by atoms with Crippen LogP contribution in [0.1, 0.15) is 38.2 Å². The molecule has 0 aliphatic rings. The number of carbonyl (C=O) groups excluding carboxylic acids is 1. The Bertz CT molecular complexity index is 960. The molecule has 0 fully saturated rings. The largest absolute Gasteiger partial charge is 0.494 e. The van der Waals surface area contributed by atoms with Crippen LogP contribution < -0.4 is 20.1 Å². The second kappa shape index (κ2) is 13.1. The van der Waals surface area contributed by atoms with Crippen LogP contribution in [-0.2, 0) is 11.4 Å². The molecular weight excluding hydrogens is 400 g/mol. The van der Waals surface area contributed by atoms with E-state index < -0.39 is 0 Å². The predicted octanol–water partition coefficient (Wildman–Crippen LogP) is 6.28. The Balaban J connectivity index is 1.47. The standard InChI is InChI=1S/C27H32N2O3/c1-2-3-4-10-18-31-24-15-11-14-23(19-24)28-20-27(30)29-25-16-8-9-17-26(25)32-21-22-12-6-5-7-13-22/h5-9,11-17,19,28H,2-4,10,18,20-21H2,1H3,(H,29,30). The number of amides is 1. The van der Waals surface area contributed by atoms with Gasteiger partial charge in [0.25, 0.3) is 0 Å². The molecule has 0 aliphatic carbocycles. The van der Waals surface area contributed by atoms with Crippen LogP contribution in [-0.4, -0.2) is 19.1 Å². The van der Waals surface area contributed by atoms with E-state index in [4.69, 9.17) is 9.47 Å². The van der Waals surface area contributed by atoms with Gasteiger partial charge in [0, 0.05) is 11.8 Å². The average molecular weight is 433 g/mol. The summed E-state index contributed by atoms with van der Waals surface area (Å²) in [5.41, 5.74) is 2.57. The summed E-state index contributed by atoms with van der Waals surface area (Å²) >= 11 is 0. The molecule has 0 saturated carbocycles. The summed E-state index contributed by atoms with van der Waals surface area (Å²) in [7, 11) is 0. The van der Waals surface area contributed by atoms with Gasteiger partial charge in [-0.3, -0.25) is 4.79 Å². The number of nitrogens with one attached hydrogen (secondary N) is 2. The van der Waals surface area contributed by atoms with Crippen LogP contribution in [0, 0.1) is 0 Å². The van der Waals surface area contributed by atoms with Crippen molar-refractivity contribution < 1.29 is 14.3 Å². The minimum absolute atomic E-state index is 0.146. The number of ether oxygens (including phenoxy) is 2. The molecule has 0 aliphatic heterocycles.